The molecule has 0 radical (unpaired) electrons. The van der Waals surface area contributed by atoms with Gasteiger partial charge in [0.25, 0.3) is 0 Å². The van der Waals surface area contributed by atoms with Crippen LogP contribution in [0, 0.1) is 0 Å². The SMILES string of the molecule is NC(=O)CC[C@H](N)C(=O)N1CCn2c(nc(-c3ccc(C(F)(F)C(F)(F)F)cc3)c2C(=O)O)C1. The summed E-state index contributed by atoms with van der Waals surface area (Å²) >= 11 is 0. The smallest absolute Gasteiger partial charge is 0.458 e. The first-order chi connectivity index (χ1) is 15.7. The minimum absolute atomic E-state index is 0.0112. The molecule has 9 nitrogen and oxygen atoms in total. The fraction of sp³-hybridized carbons (Fsp3) is 0.400. The lowest BCUT2D eigenvalue weighted by Crippen LogP contribution is -2.47. The van der Waals surface area contributed by atoms with Gasteiger partial charge in [0.1, 0.15) is 11.5 Å². The van der Waals surface area contributed by atoms with Gasteiger partial charge in [-0.3, -0.25) is 9.59 Å². The lowest BCUT2D eigenvalue weighted by Gasteiger charge is -2.30. The summed E-state index contributed by atoms with van der Waals surface area (Å²) in [6.07, 6.45) is -5.85. The number of carbonyl (C=O) groups is 3. The van der Waals surface area contributed by atoms with E-state index in [0.717, 1.165) is 12.1 Å². The third-order valence-corrected chi connectivity index (χ3v) is 5.38. The van der Waals surface area contributed by atoms with E-state index in [1.165, 1.54) is 9.47 Å². The average Bonchev–Trinajstić information content (AvgIpc) is 3.15. The molecule has 2 aromatic rings. The van der Waals surface area contributed by atoms with Crippen LogP contribution in [0.5, 0.6) is 0 Å². The van der Waals surface area contributed by atoms with Gasteiger partial charge < -0.3 is 26.0 Å². The standard InChI is InChI=1S/C20H20F5N5O4/c21-19(22,20(23,24)25)11-3-1-10(2-4-11)15-16(18(33)34)30-8-7-29(9-14(30)28-15)17(32)12(26)5-6-13(27)31/h1-4,12H,5-9,26H2,(H2,27,31)(H,33,34)/t12-/m0/s1. The van der Waals surface area contributed by atoms with Crippen LogP contribution in [-0.2, 0) is 28.6 Å². The number of rotatable bonds is 7. The molecule has 0 unspecified atom stereocenters. The molecule has 0 saturated carbocycles. The van der Waals surface area contributed by atoms with Gasteiger partial charge in [0.15, 0.2) is 5.69 Å². The fourth-order valence-electron chi connectivity index (χ4n) is 3.59. The fourth-order valence-corrected chi connectivity index (χ4v) is 3.59. The predicted molar refractivity (Wildman–Crippen MR) is 106 cm³/mol. The second-order valence-electron chi connectivity index (χ2n) is 7.70. The molecular formula is C20H20F5N5O4. The normalized spacial score (nSPS) is 15.1. The van der Waals surface area contributed by atoms with Crippen LogP contribution in [0.4, 0.5) is 22.0 Å². The number of fused-ring (bicyclic) bond motifs is 1. The quantitative estimate of drug-likeness (QED) is 0.506. The van der Waals surface area contributed by atoms with E-state index >= 15 is 0 Å². The molecule has 5 N–H and O–H groups in total. The zero-order valence-electron chi connectivity index (χ0n) is 17.5. The maximum atomic E-state index is 13.6. The van der Waals surface area contributed by atoms with Crippen molar-refractivity contribution in [2.24, 2.45) is 11.5 Å². The van der Waals surface area contributed by atoms with Crippen LogP contribution in [0.15, 0.2) is 24.3 Å². The minimum atomic E-state index is -5.79. The number of imidazole rings is 1. The summed E-state index contributed by atoms with van der Waals surface area (Å²) in [5, 5.41) is 9.67. The van der Waals surface area contributed by atoms with Crippen molar-refractivity contribution in [2.75, 3.05) is 6.54 Å². The van der Waals surface area contributed by atoms with Crippen molar-refractivity contribution >= 4 is 17.8 Å². The van der Waals surface area contributed by atoms with Crippen molar-refractivity contribution in [3.63, 3.8) is 0 Å². The molecule has 1 aromatic heterocycles. The molecule has 0 saturated heterocycles. The first-order valence-corrected chi connectivity index (χ1v) is 9.95. The van der Waals surface area contributed by atoms with Crippen molar-refractivity contribution in [3.8, 4) is 11.3 Å². The average molecular weight is 489 g/mol. The molecule has 0 spiro atoms. The number of amides is 2. The van der Waals surface area contributed by atoms with Crippen LogP contribution in [0.1, 0.15) is 34.7 Å². The topological polar surface area (TPSA) is 145 Å². The maximum Gasteiger partial charge on any atom is 0.458 e. The summed E-state index contributed by atoms with van der Waals surface area (Å²) in [6, 6.07) is 1.97. The van der Waals surface area contributed by atoms with Crippen molar-refractivity contribution < 1.29 is 41.4 Å². The van der Waals surface area contributed by atoms with Crippen LogP contribution >= 0.6 is 0 Å². The molecule has 34 heavy (non-hydrogen) atoms. The van der Waals surface area contributed by atoms with E-state index < -0.39 is 41.5 Å². The van der Waals surface area contributed by atoms with Gasteiger partial charge in [0, 0.05) is 30.6 Å². The molecule has 184 valence electrons. The first-order valence-electron chi connectivity index (χ1n) is 9.95. The minimum Gasteiger partial charge on any atom is -0.477 e. The molecule has 2 amide bonds. The van der Waals surface area contributed by atoms with Crippen molar-refractivity contribution in [1.29, 1.82) is 0 Å². The Morgan fingerprint density at radius 2 is 1.71 bits per heavy atom. The first kappa shape index (κ1) is 25.1. The van der Waals surface area contributed by atoms with Gasteiger partial charge in [-0.15, -0.1) is 0 Å². The van der Waals surface area contributed by atoms with Gasteiger partial charge in [-0.05, 0) is 6.42 Å². The van der Waals surface area contributed by atoms with Crippen LogP contribution in [0.3, 0.4) is 0 Å². The number of nitrogens with two attached hydrogens (primary N) is 2. The Hall–Kier alpha value is -3.55. The van der Waals surface area contributed by atoms with Gasteiger partial charge in [0.05, 0.1) is 12.6 Å². The Labute approximate surface area is 189 Å². The molecule has 3 rings (SSSR count). The highest BCUT2D eigenvalue weighted by atomic mass is 19.4. The summed E-state index contributed by atoms with van der Waals surface area (Å²) in [6.45, 7) is -0.000977. The third-order valence-electron chi connectivity index (χ3n) is 5.38. The summed E-state index contributed by atoms with van der Waals surface area (Å²) in [5.41, 5.74) is 9.14. The number of aromatic nitrogens is 2. The molecular weight excluding hydrogens is 469 g/mol. The highest BCUT2D eigenvalue weighted by molar-refractivity contribution is 5.93. The van der Waals surface area contributed by atoms with Gasteiger partial charge in [0.2, 0.25) is 11.8 Å². The Bertz CT molecular complexity index is 1110. The van der Waals surface area contributed by atoms with Gasteiger partial charge >= 0.3 is 18.1 Å². The monoisotopic (exact) mass is 489 g/mol. The zero-order chi connectivity index (χ0) is 25.4. The van der Waals surface area contributed by atoms with E-state index in [-0.39, 0.29) is 55.3 Å². The van der Waals surface area contributed by atoms with Crippen LogP contribution in [-0.4, -0.2) is 56.1 Å². The summed E-state index contributed by atoms with van der Waals surface area (Å²) in [4.78, 5) is 40.9. The second kappa shape index (κ2) is 9.00. The molecule has 1 aromatic carbocycles. The number of alkyl halides is 5. The van der Waals surface area contributed by atoms with Crippen molar-refractivity contribution in [1.82, 2.24) is 14.5 Å². The number of primary amides is 1. The largest absolute Gasteiger partial charge is 0.477 e. The second-order valence-corrected chi connectivity index (χ2v) is 7.70. The Morgan fingerprint density at radius 1 is 1.09 bits per heavy atom. The number of nitrogens with zero attached hydrogens (tertiary/aromatic N) is 3. The van der Waals surface area contributed by atoms with Crippen LogP contribution < -0.4 is 11.5 Å². The molecule has 0 bridgehead atoms. The highest BCUT2D eigenvalue weighted by Crippen LogP contribution is 2.44. The zero-order valence-corrected chi connectivity index (χ0v) is 17.5. The molecule has 2 heterocycles. The van der Waals surface area contributed by atoms with E-state index in [1.54, 1.807) is 0 Å². The Balaban J connectivity index is 1.89. The predicted octanol–water partition coefficient (Wildman–Crippen LogP) is 1.84. The lowest BCUT2D eigenvalue weighted by molar-refractivity contribution is -0.289. The summed E-state index contributed by atoms with van der Waals surface area (Å²) < 4.78 is 66.3. The number of carboxylic acid groups (broad SMARTS) is 1. The third kappa shape index (κ3) is 4.71. The molecule has 1 atom stereocenters. The van der Waals surface area contributed by atoms with Gasteiger partial charge in [-0.2, -0.15) is 22.0 Å². The number of halogens is 5. The van der Waals surface area contributed by atoms with Gasteiger partial charge in [-0.25, -0.2) is 9.78 Å². The van der Waals surface area contributed by atoms with E-state index in [4.69, 9.17) is 11.5 Å². The van der Waals surface area contributed by atoms with Gasteiger partial charge in [-0.1, -0.05) is 24.3 Å². The van der Waals surface area contributed by atoms with E-state index in [0.29, 0.717) is 12.1 Å². The molecule has 14 heteroatoms. The van der Waals surface area contributed by atoms with Crippen LogP contribution in [0.25, 0.3) is 11.3 Å². The van der Waals surface area contributed by atoms with E-state index in [9.17, 15) is 41.4 Å². The van der Waals surface area contributed by atoms with Crippen molar-refractivity contribution in [3.05, 3.63) is 41.3 Å². The lowest BCUT2D eigenvalue weighted by atomic mass is 10.0. The van der Waals surface area contributed by atoms with E-state index in [2.05, 4.69) is 4.98 Å². The number of benzene rings is 1. The van der Waals surface area contributed by atoms with Crippen LogP contribution in [0.2, 0.25) is 0 Å². The molecule has 1 aliphatic heterocycles. The number of hydrogen-bond acceptors (Lipinski definition) is 5. The van der Waals surface area contributed by atoms with E-state index in [1.807, 2.05) is 0 Å². The Morgan fingerprint density at radius 3 is 2.24 bits per heavy atom. The number of carboxylic acids is 1. The molecule has 0 aliphatic carbocycles. The summed E-state index contributed by atoms with van der Waals surface area (Å²) in [5.74, 6) is -7.42. The highest BCUT2D eigenvalue weighted by Gasteiger charge is 2.58. The molecule has 1 aliphatic rings. The van der Waals surface area contributed by atoms with Crippen molar-refractivity contribution in [2.45, 2.75) is 44.1 Å². The number of carbonyl (C=O) groups excluding carboxylic acids is 2. The maximum absolute atomic E-state index is 13.6. The number of hydrogen-bond donors (Lipinski definition) is 3. The summed E-state index contributed by atoms with van der Waals surface area (Å²) in [7, 11) is 0. The Kier molecular flexibility index (Phi) is 6.64. The number of aromatic carboxylic acids is 1. The molecule has 0 fully saturated rings.